The second-order valence-corrected chi connectivity index (χ2v) is 9.13. The molecule has 0 spiro atoms. The molecule has 0 radical (unpaired) electrons. The van der Waals surface area contributed by atoms with Crippen LogP contribution in [0.15, 0.2) is 30.5 Å². The number of piperidine rings is 1. The van der Waals surface area contributed by atoms with Gasteiger partial charge in [-0.25, -0.2) is 9.48 Å². The maximum absolute atomic E-state index is 12.9. The largest absolute Gasteiger partial charge is 0.322 e. The molecule has 7 heteroatoms. The van der Waals surface area contributed by atoms with Gasteiger partial charge in [-0.05, 0) is 43.9 Å². The first-order valence-electron chi connectivity index (χ1n) is 9.58. The highest BCUT2D eigenvalue weighted by molar-refractivity contribution is 6.30. The molecule has 1 N–H and O–H groups in total. The number of carbonyl (C=O) groups is 1. The van der Waals surface area contributed by atoms with Crippen LogP contribution in [0.3, 0.4) is 0 Å². The lowest BCUT2D eigenvalue weighted by Gasteiger charge is -2.38. The molecule has 2 saturated heterocycles. The maximum Gasteiger partial charge on any atom is 0.322 e. The highest BCUT2D eigenvalue weighted by Crippen LogP contribution is 2.41. The fraction of sp³-hybridized carbons (Fsp3) is 0.550. The summed E-state index contributed by atoms with van der Waals surface area (Å²) < 4.78 is 2.01. The molecule has 0 aliphatic carbocycles. The summed E-state index contributed by atoms with van der Waals surface area (Å²) in [4.78, 5) is 14.9. The number of benzene rings is 1. The number of amides is 2. The van der Waals surface area contributed by atoms with Crippen molar-refractivity contribution in [3.8, 4) is 0 Å². The van der Waals surface area contributed by atoms with E-state index in [1.807, 2.05) is 21.7 Å². The number of fused-ring (bicyclic) bond motifs is 2. The van der Waals surface area contributed by atoms with E-state index in [2.05, 4.69) is 42.6 Å². The van der Waals surface area contributed by atoms with E-state index in [0.717, 1.165) is 37.1 Å². The van der Waals surface area contributed by atoms with Crippen molar-refractivity contribution in [3.63, 3.8) is 0 Å². The summed E-state index contributed by atoms with van der Waals surface area (Å²) in [5.74, 6) is 0. The molecule has 1 aromatic carbocycles. The number of urea groups is 1. The van der Waals surface area contributed by atoms with Gasteiger partial charge in [-0.2, -0.15) is 0 Å². The van der Waals surface area contributed by atoms with Crippen LogP contribution >= 0.6 is 11.6 Å². The topological polar surface area (TPSA) is 63.1 Å². The summed E-state index contributed by atoms with van der Waals surface area (Å²) in [6.45, 7) is 6.44. The Balaban J connectivity index is 1.46. The number of nitrogens with zero attached hydrogens (tertiary/aromatic N) is 4. The van der Waals surface area contributed by atoms with Crippen LogP contribution in [0.5, 0.6) is 0 Å². The molecule has 4 rings (SSSR count). The van der Waals surface area contributed by atoms with E-state index in [9.17, 15) is 4.79 Å². The van der Waals surface area contributed by atoms with E-state index < -0.39 is 0 Å². The van der Waals surface area contributed by atoms with Gasteiger partial charge in [0.1, 0.15) is 0 Å². The molecule has 2 fully saturated rings. The second-order valence-electron chi connectivity index (χ2n) is 8.69. The van der Waals surface area contributed by atoms with E-state index in [1.54, 1.807) is 12.1 Å². The molecule has 3 heterocycles. The average molecular weight is 388 g/mol. The van der Waals surface area contributed by atoms with E-state index in [0.29, 0.717) is 11.1 Å². The lowest BCUT2D eigenvalue weighted by atomic mass is 9.93. The molecule has 1 aromatic heterocycles. The Morgan fingerprint density at radius 1 is 1.19 bits per heavy atom. The molecule has 2 amide bonds. The zero-order chi connectivity index (χ0) is 19.2. The van der Waals surface area contributed by atoms with Crippen molar-refractivity contribution in [2.45, 2.75) is 70.0 Å². The summed E-state index contributed by atoms with van der Waals surface area (Å²) in [5.41, 5.74) is 1.74. The molecule has 2 aromatic rings. The number of hydrogen-bond donors (Lipinski definition) is 1. The predicted octanol–water partition coefficient (Wildman–Crippen LogP) is 4.63. The number of anilines is 1. The fourth-order valence-electron chi connectivity index (χ4n) is 4.25. The van der Waals surface area contributed by atoms with Gasteiger partial charge >= 0.3 is 6.03 Å². The molecular weight excluding hydrogens is 362 g/mol. The van der Waals surface area contributed by atoms with Crippen LogP contribution in [0, 0.1) is 0 Å². The second kappa shape index (κ2) is 6.82. The standard InChI is InChI=1S/C20H26ClN5O/c1-20(2,3)18-12-25(24-23-18)17-10-15-7-8-16(11-17)26(15)19(27)22-14-6-4-5-13(21)9-14/h4-6,9,12,15-17H,7-8,10-11H2,1-3H3,(H,22,27). The highest BCUT2D eigenvalue weighted by atomic mass is 35.5. The molecule has 2 unspecified atom stereocenters. The van der Waals surface area contributed by atoms with Gasteiger partial charge in [-0.15, -0.1) is 5.10 Å². The van der Waals surface area contributed by atoms with Crippen LogP contribution in [-0.4, -0.2) is 38.0 Å². The summed E-state index contributed by atoms with van der Waals surface area (Å²) in [5, 5.41) is 12.4. The summed E-state index contributed by atoms with van der Waals surface area (Å²) in [7, 11) is 0. The lowest BCUT2D eigenvalue weighted by molar-refractivity contribution is 0.129. The number of rotatable bonds is 2. The first-order valence-corrected chi connectivity index (χ1v) is 9.96. The number of halogens is 1. The van der Waals surface area contributed by atoms with E-state index >= 15 is 0 Å². The molecule has 144 valence electrons. The number of carbonyl (C=O) groups excluding carboxylic acids is 1. The summed E-state index contributed by atoms with van der Waals surface area (Å²) in [6.07, 6.45) is 6.01. The predicted molar refractivity (Wildman–Crippen MR) is 106 cm³/mol. The Bertz CT molecular complexity index is 829. The van der Waals surface area contributed by atoms with Crippen LogP contribution in [0.1, 0.15) is 58.2 Å². The number of nitrogens with one attached hydrogen (secondary N) is 1. The van der Waals surface area contributed by atoms with Gasteiger partial charge in [0.25, 0.3) is 0 Å². The minimum atomic E-state index is -0.0304. The van der Waals surface area contributed by atoms with E-state index in [-0.39, 0.29) is 23.5 Å². The SMILES string of the molecule is CC(C)(C)c1cn(C2CC3CCC(C2)N3C(=O)Nc2cccc(Cl)c2)nn1. The monoisotopic (exact) mass is 387 g/mol. The molecular formula is C20H26ClN5O. The smallest absolute Gasteiger partial charge is 0.318 e. The molecule has 2 aliphatic rings. The van der Waals surface area contributed by atoms with Crippen LogP contribution < -0.4 is 5.32 Å². The zero-order valence-corrected chi connectivity index (χ0v) is 16.8. The molecule has 6 nitrogen and oxygen atoms in total. The van der Waals surface area contributed by atoms with Crippen LogP contribution in [0.2, 0.25) is 5.02 Å². The summed E-state index contributed by atoms with van der Waals surface area (Å²) in [6, 6.07) is 8.05. The van der Waals surface area contributed by atoms with Gasteiger partial charge in [0.05, 0.1) is 11.7 Å². The maximum atomic E-state index is 12.9. The minimum Gasteiger partial charge on any atom is -0.318 e. The normalized spacial score (nSPS) is 24.9. The molecule has 2 atom stereocenters. The highest BCUT2D eigenvalue weighted by Gasteiger charge is 2.44. The van der Waals surface area contributed by atoms with Crippen molar-refractivity contribution in [1.82, 2.24) is 19.9 Å². The Labute approximate surface area is 164 Å². The van der Waals surface area contributed by atoms with Crippen molar-refractivity contribution < 1.29 is 4.79 Å². The van der Waals surface area contributed by atoms with Crippen LogP contribution in [0.4, 0.5) is 10.5 Å². The summed E-state index contributed by atoms with van der Waals surface area (Å²) >= 11 is 6.02. The van der Waals surface area contributed by atoms with Crippen molar-refractivity contribution in [3.05, 3.63) is 41.2 Å². The van der Waals surface area contributed by atoms with Crippen molar-refractivity contribution >= 4 is 23.3 Å². The third-order valence-electron chi connectivity index (χ3n) is 5.67. The van der Waals surface area contributed by atoms with Gasteiger partial charge in [-0.3, -0.25) is 0 Å². The fourth-order valence-corrected chi connectivity index (χ4v) is 4.44. The third-order valence-corrected chi connectivity index (χ3v) is 5.91. The molecule has 2 aliphatic heterocycles. The van der Waals surface area contributed by atoms with Gasteiger partial charge < -0.3 is 10.2 Å². The molecule has 0 saturated carbocycles. The van der Waals surface area contributed by atoms with Crippen molar-refractivity contribution in [1.29, 1.82) is 0 Å². The van der Waals surface area contributed by atoms with E-state index in [4.69, 9.17) is 11.6 Å². The van der Waals surface area contributed by atoms with Gasteiger partial charge in [0.15, 0.2) is 0 Å². The zero-order valence-electron chi connectivity index (χ0n) is 16.0. The average Bonchev–Trinajstić information content (AvgIpc) is 3.18. The molecule has 2 bridgehead atoms. The van der Waals surface area contributed by atoms with Crippen molar-refractivity contribution in [2.24, 2.45) is 0 Å². The Hall–Kier alpha value is -2.08. The van der Waals surface area contributed by atoms with Crippen LogP contribution in [0.25, 0.3) is 0 Å². The first-order chi connectivity index (χ1) is 12.8. The molecule has 27 heavy (non-hydrogen) atoms. The van der Waals surface area contributed by atoms with Crippen LogP contribution in [-0.2, 0) is 5.41 Å². The number of hydrogen-bond acceptors (Lipinski definition) is 3. The quantitative estimate of drug-likeness (QED) is 0.817. The third kappa shape index (κ3) is 3.68. The Morgan fingerprint density at radius 2 is 1.89 bits per heavy atom. The van der Waals surface area contributed by atoms with Crippen molar-refractivity contribution in [2.75, 3.05) is 5.32 Å². The Morgan fingerprint density at radius 3 is 2.48 bits per heavy atom. The van der Waals surface area contributed by atoms with Gasteiger partial charge in [-0.1, -0.05) is 43.7 Å². The first kappa shape index (κ1) is 18.3. The Kier molecular flexibility index (Phi) is 4.62. The minimum absolute atomic E-state index is 0.00518. The van der Waals surface area contributed by atoms with Gasteiger partial charge in [0.2, 0.25) is 0 Å². The van der Waals surface area contributed by atoms with Gasteiger partial charge in [0, 0.05) is 34.4 Å². The van der Waals surface area contributed by atoms with E-state index in [1.165, 1.54) is 0 Å². The number of aromatic nitrogens is 3. The lowest BCUT2D eigenvalue weighted by Crippen LogP contribution is -2.48.